The molecule has 8 nitrogen and oxygen atoms in total. The molecule has 1 saturated heterocycles. The number of carbonyl (C=O) groups is 1. The van der Waals surface area contributed by atoms with Gasteiger partial charge in [-0.25, -0.2) is 4.98 Å². The summed E-state index contributed by atoms with van der Waals surface area (Å²) in [4.78, 5) is 20.4. The van der Waals surface area contributed by atoms with Crippen molar-refractivity contribution < 1.29 is 4.79 Å². The van der Waals surface area contributed by atoms with Gasteiger partial charge in [0.05, 0.1) is 6.54 Å². The molecular weight excluding hydrogens is 330 g/mol. The summed E-state index contributed by atoms with van der Waals surface area (Å²) in [6, 6.07) is 10.5. The SMILES string of the molecule is O=C(c1ncn[nH]1)N1CCN(Cc2cccc(Cn3cccn3)c2)CC1. The molecule has 2 aromatic heterocycles. The molecule has 0 saturated carbocycles. The summed E-state index contributed by atoms with van der Waals surface area (Å²) in [5.74, 6) is 0.230. The van der Waals surface area contributed by atoms with Gasteiger partial charge in [0.2, 0.25) is 5.82 Å². The predicted molar refractivity (Wildman–Crippen MR) is 95.3 cm³/mol. The first-order valence-corrected chi connectivity index (χ1v) is 8.70. The van der Waals surface area contributed by atoms with Crippen molar-refractivity contribution in [3.63, 3.8) is 0 Å². The third-order valence-electron chi connectivity index (χ3n) is 4.58. The van der Waals surface area contributed by atoms with Gasteiger partial charge >= 0.3 is 0 Å². The van der Waals surface area contributed by atoms with Gasteiger partial charge in [0.15, 0.2) is 0 Å². The van der Waals surface area contributed by atoms with Crippen molar-refractivity contribution >= 4 is 5.91 Å². The summed E-state index contributed by atoms with van der Waals surface area (Å²) in [5, 5.41) is 10.6. The van der Waals surface area contributed by atoms with E-state index in [1.807, 2.05) is 21.8 Å². The van der Waals surface area contributed by atoms with Crippen LogP contribution in [-0.2, 0) is 13.1 Å². The number of benzene rings is 1. The summed E-state index contributed by atoms with van der Waals surface area (Å²) in [7, 11) is 0. The number of nitrogens with one attached hydrogen (secondary N) is 1. The second-order valence-electron chi connectivity index (χ2n) is 6.43. The molecule has 0 bridgehead atoms. The molecule has 3 aromatic rings. The Morgan fingerprint density at radius 3 is 2.58 bits per heavy atom. The van der Waals surface area contributed by atoms with Crippen LogP contribution in [0.3, 0.4) is 0 Å². The molecule has 1 aliphatic heterocycles. The summed E-state index contributed by atoms with van der Waals surface area (Å²) in [6.45, 7) is 4.77. The number of carbonyl (C=O) groups excluding carboxylic acids is 1. The maximum Gasteiger partial charge on any atom is 0.291 e. The quantitative estimate of drug-likeness (QED) is 0.742. The summed E-state index contributed by atoms with van der Waals surface area (Å²) < 4.78 is 1.92. The number of amides is 1. The number of nitrogens with zero attached hydrogens (tertiary/aromatic N) is 6. The largest absolute Gasteiger partial charge is 0.333 e. The van der Waals surface area contributed by atoms with Gasteiger partial charge in [-0.3, -0.25) is 19.5 Å². The summed E-state index contributed by atoms with van der Waals surface area (Å²) in [6.07, 6.45) is 5.13. The van der Waals surface area contributed by atoms with Crippen LogP contribution in [0.2, 0.25) is 0 Å². The van der Waals surface area contributed by atoms with Gasteiger partial charge in [-0.1, -0.05) is 24.3 Å². The zero-order valence-electron chi connectivity index (χ0n) is 14.5. The zero-order valence-corrected chi connectivity index (χ0v) is 14.5. The lowest BCUT2D eigenvalue weighted by atomic mass is 10.1. The summed E-state index contributed by atoms with van der Waals surface area (Å²) in [5.41, 5.74) is 2.52. The lowest BCUT2D eigenvalue weighted by Crippen LogP contribution is -2.48. The number of aromatic amines is 1. The van der Waals surface area contributed by atoms with Gasteiger partial charge in [-0.2, -0.15) is 10.2 Å². The molecule has 134 valence electrons. The standard InChI is InChI=1S/C18H21N7O/c26-18(17-19-14-20-22-17)24-9-7-23(8-10-24)12-15-3-1-4-16(11-15)13-25-6-2-5-21-25/h1-6,11,14H,7-10,12-13H2,(H,19,20,22). The number of hydrogen-bond acceptors (Lipinski definition) is 5. The molecule has 1 aliphatic rings. The van der Waals surface area contributed by atoms with E-state index in [9.17, 15) is 4.79 Å². The fraction of sp³-hybridized carbons (Fsp3) is 0.333. The molecule has 4 rings (SSSR count). The number of hydrogen-bond donors (Lipinski definition) is 1. The van der Waals surface area contributed by atoms with Crippen molar-refractivity contribution in [1.82, 2.24) is 34.8 Å². The van der Waals surface area contributed by atoms with E-state index in [0.717, 1.165) is 26.2 Å². The average Bonchev–Trinajstić information content (AvgIpc) is 3.36. The molecule has 0 spiro atoms. The molecule has 0 atom stereocenters. The Morgan fingerprint density at radius 2 is 1.88 bits per heavy atom. The molecule has 3 heterocycles. The fourth-order valence-corrected chi connectivity index (χ4v) is 3.23. The summed E-state index contributed by atoms with van der Waals surface area (Å²) >= 11 is 0. The molecule has 1 N–H and O–H groups in total. The molecule has 1 amide bonds. The van der Waals surface area contributed by atoms with Crippen molar-refractivity contribution in [2.75, 3.05) is 26.2 Å². The highest BCUT2D eigenvalue weighted by Crippen LogP contribution is 2.12. The Hall–Kier alpha value is -3.00. The van der Waals surface area contributed by atoms with Crippen LogP contribution in [0.5, 0.6) is 0 Å². The molecule has 1 aromatic carbocycles. The Labute approximate surface area is 151 Å². The van der Waals surface area contributed by atoms with E-state index < -0.39 is 0 Å². The third-order valence-corrected chi connectivity index (χ3v) is 4.58. The van der Waals surface area contributed by atoms with E-state index >= 15 is 0 Å². The van der Waals surface area contributed by atoms with Crippen LogP contribution in [0.15, 0.2) is 49.1 Å². The molecule has 0 aliphatic carbocycles. The van der Waals surface area contributed by atoms with Crippen LogP contribution in [0.25, 0.3) is 0 Å². The monoisotopic (exact) mass is 351 g/mol. The van der Waals surface area contributed by atoms with Gasteiger partial charge in [0, 0.05) is 45.1 Å². The number of rotatable bonds is 5. The van der Waals surface area contributed by atoms with Gasteiger partial charge in [0.1, 0.15) is 6.33 Å². The second kappa shape index (κ2) is 7.49. The van der Waals surface area contributed by atoms with E-state index in [2.05, 4.69) is 49.4 Å². The highest BCUT2D eigenvalue weighted by Gasteiger charge is 2.23. The van der Waals surface area contributed by atoms with Crippen LogP contribution < -0.4 is 0 Å². The fourth-order valence-electron chi connectivity index (χ4n) is 3.23. The highest BCUT2D eigenvalue weighted by molar-refractivity contribution is 5.90. The number of H-pyrrole nitrogens is 1. The van der Waals surface area contributed by atoms with E-state index in [1.54, 1.807) is 6.20 Å². The molecule has 1 fully saturated rings. The predicted octanol–water partition coefficient (Wildman–Crippen LogP) is 1.01. The molecular formula is C18H21N7O. The van der Waals surface area contributed by atoms with Crippen LogP contribution >= 0.6 is 0 Å². The van der Waals surface area contributed by atoms with Crippen LogP contribution in [-0.4, -0.2) is 66.8 Å². The Balaban J connectivity index is 1.32. The topological polar surface area (TPSA) is 82.9 Å². The highest BCUT2D eigenvalue weighted by atomic mass is 16.2. The maximum atomic E-state index is 12.3. The first-order valence-electron chi connectivity index (χ1n) is 8.70. The van der Waals surface area contributed by atoms with Crippen LogP contribution in [0.4, 0.5) is 0 Å². The average molecular weight is 351 g/mol. The van der Waals surface area contributed by atoms with Gasteiger partial charge in [0.25, 0.3) is 5.91 Å². The van der Waals surface area contributed by atoms with E-state index in [0.29, 0.717) is 18.9 Å². The zero-order chi connectivity index (χ0) is 17.8. The van der Waals surface area contributed by atoms with Crippen molar-refractivity contribution in [3.05, 3.63) is 66.0 Å². The van der Waals surface area contributed by atoms with Crippen molar-refractivity contribution in [1.29, 1.82) is 0 Å². The minimum atomic E-state index is -0.0802. The Bertz CT molecular complexity index is 836. The molecule has 8 heteroatoms. The smallest absolute Gasteiger partial charge is 0.291 e. The maximum absolute atomic E-state index is 12.3. The minimum Gasteiger partial charge on any atom is -0.333 e. The van der Waals surface area contributed by atoms with E-state index in [-0.39, 0.29) is 5.91 Å². The Morgan fingerprint density at radius 1 is 1.08 bits per heavy atom. The molecule has 0 radical (unpaired) electrons. The van der Waals surface area contributed by atoms with Crippen molar-refractivity contribution in [3.8, 4) is 0 Å². The third kappa shape index (κ3) is 3.80. The van der Waals surface area contributed by atoms with Gasteiger partial charge < -0.3 is 4.90 Å². The van der Waals surface area contributed by atoms with Gasteiger partial charge in [-0.15, -0.1) is 0 Å². The van der Waals surface area contributed by atoms with Crippen molar-refractivity contribution in [2.24, 2.45) is 0 Å². The second-order valence-corrected chi connectivity index (χ2v) is 6.43. The van der Waals surface area contributed by atoms with Gasteiger partial charge in [-0.05, 0) is 17.2 Å². The minimum absolute atomic E-state index is 0.0802. The lowest BCUT2D eigenvalue weighted by Gasteiger charge is -2.34. The normalized spacial score (nSPS) is 15.3. The molecule has 0 unspecified atom stereocenters. The number of aromatic nitrogens is 5. The first kappa shape index (κ1) is 16.5. The van der Waals surface area contributed by atoms with Crippen LogP contribution in [0.1, 0.15) is 21.7 Å². The molecule has 26 heavy (non-hydrogen) atoms. The Kier molecular flexibility index (Phi) is 4.74. The van der Waals surface area contributed by atoms with Crippen LogP contribution in [0, 0.1) is 0 Å². The number of piperazine rings is 1. The lowest BCUT2D eigenvalue weighted by molar-refractivity contribution is 0.0617. The first-order chi connectivity index (χ1) is 12.8. The van der Waals surface area contributed by atoms with E-state index in [1.165, 1.54) is 17.5 Å². The van der Waals surface area contributed by atoms with E-state index in [4.69, 9.17) is 0 Å². The van der Waals surface area contributed by atoms with Crippen molar-refractivity contribution in [2.45, 2.75) is 13.1 Å².